The number of morpholine rings is 1. The number of ether oxygens (including phenoxy) is 2. The van der Waals surface area contributed by atoms with Gasteiger partial charge in [-0.15, -0.1) is 0 Å². The number of furan rings is 1. The van der Waals surface area contributed by atoms with Crippen molar-refractivity contribution in [3.63, 3.8) is 0 Å². The largest absolute Gasteiger partial charge is 0.472 e. The molecule has 1 saturated heterocycles. The summed E-state index contributed by atoms with van der Waals surface area (Å²) in [7, 11) is 0. The van der Waals surface area contributed by atoms with Gasteiger partial charge >= 0.3 is 0 Å². The lowest BCUT2D eigenvalue weighted by atomic mass is 10.1. The molecule has 5 heteroatoms. The van der Waals surface area contributed by atoms with Gasteiger partial charge in [0.15, 0.2) is 0 Å². The van der Waals surface area contributed by atoms with Gasteiger partial charge in [-0.3, -0.25) is 4.90 Å². The second-order valence-corrected chi connectivity index (χ2v) is 6.29. The van der Waals surface area contributed by atoms with Gasteiger partial charge in [-0.05, 0) is 38.0 Å². The minimum atomic E-state index is 0.0797. The molecule has 0 bridgehead atoms. The highest BCUT2D eigenvalue weighted by atomic mass is 16.5. The molecule has 0 amide bonds. The molecule has 4 rings (SSSR count). The summed E-state index contributed by atoms with van der Waals surface area (Å²) >= 11 is 0. The number of aryl methyl sites for hydroxylation is 1. The maximum atomic E-state index is 6.06. The first-order chi connectivity index (χ1) is 11.3. The third-order valence-electron chi connectivity index (χ3n) is 4.72. The van der Waals surface area contributed by atoms with Crippen molar-refractivity contribution < 1.29 is 13.9 Å². The Labute approximate surface area is 136 Å². The molecule has 2 aromatic rings. The lowest BCUT2D eigenvalue weighted by Gasteiger charge is -2.38. The molecule has 122 valence electrons. The lowest BCUT2D eigenvalue weighted by molar-refractivity contribution is -0.0935. The summed E-state index contributed by atoms with van der Waals surface area (Å²) in [5, 5.41) is 0. The monoisotopic (exact) mass is 314 g/mol. The second kappa shape index (κ2) is 6.34. The number of pyridine rings is 1. The average molecular weight is 314 g/mol. The first-order valence-corrected chi connectivity index (χ1v) is 8.28. The van der Waals surface area contributed by atoms with E-state index in [1.807, 2.05) is 31.2 Å². The Hall–Kier alpha value is -1.85. The summed E-state index contributed by atoms with van der Waals surface area (Å²) < 4.78 is 17.8. The van der Waals surface area contributed by atoms with Gasteiger partial charge < -0.3 is 13.9 Å². The second-order valence-electron chi connectivity index (χ2n) is 6.29. The van der Waals surface area contributed by atoms with Crippen LogP contribution in [0.25, 0.3) is 0 Å². The van der Waals surface area contributed by atoms with E-state index in [2.05, 4.69) is 16.0 Å². The third-order valence-corrected chi connectivity index (χ3v) is 4.72. The van der Waals surface area contributed by atoms with Crippen LogP contribution in [-0.2, 0) is 11.3 Å². The van der Waals surface area contributed by atoms with E-state index in [0.29, 0.717) is 11.9 Å². The van der Waals surface area contributed by atoms with Gasteiger partial charge in [0.2, 0.25) is 5.88 Å². The van der Waals surface area contributed by atoms with E-state index >= 15 is 0 Å². The van der Waals surface area contributed by atoms with Crippen LogP contribution in [-0.4, -0.2) is 41.3 Å². The zero-order chi connectivity index (χ0) is 15.6. The topological polar surface area (TPSA) is 47.7 Å². The molecule has 0 unspecified atom stereocenters. The van der Waals surface area contributed by atoms with E-state index < -0.39 is 0 Å². The smallest absolute Gasteiger partial charge is 0.213 e. The zero-order valence-corrected chi connectivity index (χ0v) is 13.4. The fourth-order valence-corrected chi connectivity index (χ4v) is 3.66. The number of hydrogen-bond donors (Lipinski definition) is 0. The molecule has 2 fully saturated rings. The fourth-order valence-electron chi connectivity index (χ4n) is 3.66. The molecule has 1 aliphatic carbocycles. The van der Waals surface area contributed by atoms with Crippen molar-refractivity contribution in [1.29, 1.82) is 0 Å². The van der Waals surface area contributed by atoms with Crippen molar-refractivity contribution in [2.24, 2.45) is 0 Å². The Bertz CT molecular complexity index is 643. The number of nitrogens with zero attached hydrogens (tertiary/aromatic N) is 2. The van der Waals surface area contributed by atoms with Gasteiger partial charge in [0.05, 0.1) is 13.2 Å². The molecule has 0 N–H and O–H groups in total. The van der Waals surface area contributed by atoms with Crippen LogP contribution in [0.3, 0.4) is 0 Å². The normalized spacial score (nSPS) is 27.8. The standard InChI is InChI=1S/C18H22N2O3/c1-13-5-6-14(22-13)12-20-10-11-21-18-15(20)7-8-16(18)23-17-4-2-3-9-19-17/h2-6,9,15-16,18H,7-8,10-12H2,1H3/t15-,16+,18+/m0/s1. The van der Waals surface area contributed by atoms with Crippen LogP contribution in [0.2, 0.25) is 0 Å². The zero-order valence-electron chi connectivity index (χ0n) is 13.4. The van der Waals surface area contributed by atoms with Crippen molar-refractivity contribution in [3.8, 4) is 5.88 Å². The highest BCUT2D eigenvalue weighted by molar-refractivity contribution is 5.12. The van der Waals surface area contributed by atoms with E-state index in [0.717, 1.165) is 44.1 Å². The van der Waals surface area contributed by atoms with Gasteiger partial charge in [-0.1, -0.05) is 6.07 Å². The van der Waals surface area contributed by atoms with Crippen LogP contribution in [0.5, 0.6) is 5.88 Å². The lowest BCUT2D eigenvalue weighted by Crippen LogP contribution is -2.51. The summed E-state index contributed by atoms with van der Waals surface area (Å²) in [6, 6.07) is 10.2. The predicted octanol–water partition coefficient (Wildman–Crippen LogP) is 2.79. The Kier molecular flexibility index (Phi) is 4.06. The van der Waals surface area contributed by atoms with Crippen LogP contribution in [0.4, 0.5) is 0 Å². The molecular weight excluding hydrogens is 292 g/mol. The molecule has 23 heavy (non-hydrogen) atoms. The Balaban J connectivity index is 1.43. The van der Waals surface area contributed by atoms with Crippen molar-refractivity contribution in [1.82, 2.24) is 9.88 Å². The first kappa shape index (κ1) is 14.7. The van der Waals surface area contributed by atoms with Gasteiger partial charge in [0.25, 0.3) is 0 Å². The van der Waals surface area contributed by atoms with Crippen molar-refractivity contribution >= 4 is 0 Å². The van der Waals surface area contributed by atoms with Gasteiger partial charge in [-0.2, -0.15) is 0 Å². The number of rotatable bonds is 4. The summed E-state index contributed by atoms with van der Waals surface area (Å²) in [5.74, 6) is 2.67. The highest BCUT2D eigenvalue weighted by Gasteiger charge is 2.44. The quantitative estimate of drug-likeness (QED) is 0.868. The number of hydrogen-bond acceptors (Lipinski definition) is 5. The molecule has 0 aromatic carbocycles. The third kappa shape index (κ3) is 3.12. The maximum Gasteiger partial charge on any atom is 0.213 e. The molecular formula is C18H22N2O3. The van der Waals surface area contributed by atoms with E-state index in [4.69, 9.17) is 13.9 Å². The summed E-state index contributed by atoms with van der Waals surface area (Å²) in [6.07, 6.45) is 4.04. The summed E-state index contributed by atoms with van der Waals surface area (Å²) in [6.45, 7) is 4.51. The minimum Gasteiger partial charge on any atom is -0.472 e. The molecule has 1 saturated carbocycles. The van der Waals surface area contributed by atoms with Gasteiger partial charge in [0.1, 0.15) is 23.7 Å². The van der Waals surface area contributed by atoms with Crippen LogP contribution < -0.4 is 4.74 Å². The van der Waals surface area contributed by atoms with Crippen LogP contribution >= 0.6 is 0 Å². The Morgan fingerprint density at radius 2 is 2.22 bits per heavy atom. The molecule has 3 atom stereocenters. The van der Waals surface area contributed by atoms with E-state index in [1.54, 1.807) is 6.20 Å². The van der Waals surface area contributed by atoms with Gasteiger partial charge in [-0.25, -0.2) is 4.98 Å². The Morgan fingerprint density at radius 1 is 1.26 bits per heavy atom. The molecule has 0 radical (unpaired) electrons. The van der Waals surface area contributed by atoms with E-state index in [9.17, 15) is 0 Å². The summed E-state index contributed by atoms with van der Waals surface area (Å²) in [4.78, 5) is 6.73. The van der Waals surface area contributed by atoms with Crippen molar-refractivity contribution in [3.05, 3.63) is 48.0 Å². The first-order valence-electron chi connectivity index (χ1n) is 8.28. The molecule has 1 aliphatic heterocycles. The molecule has 5 nitrogen and oxygen atoms in total. The van der Waals surface area contributed by atoms with Crippen LogP contribution in [0, 0.1) is 6.92 Å². The SMILES string of the molecule is Cc1ccc(CN2CCO[C@H]3[C@H](Oc4ccccn4)CC[C@@H]32)o1. The number of fused-ring (bicyclic) bond motifs is 1. The number of aromatic nitrogens is 1. The van der Waals surface area contributed by atoms with Crippen molar-refractivity contribution in [2.45, 2.75) is 44.6 Å². The maximum absolute atomic E-state index is 6.06. The fraction of sp³-hybridized carbons (Fsp3) is 0.500. The minimum absolute atomic E-state index is 0.0797. The van der Waals surface area contributed by atoms with Crippen LogP contribution in [0.15, 0.2) is 40.9 Å². The van der Waals surface area contributed by atoms with Crippen LogP contribution in [0.1, 0.15) is 24.4 Å². The predicted molar refractivity (Wildman–Crippen MR) is 85.3 cm³/mol. The van der Waals surface area contributed by atoms with E-state index in [1.165, 1.54) is 0 Å². The Morgan fingerprint density at radius 3 is 3.00 bits per heavy atom. The molecule has 0 spiro atoms. The highest BCUT2D eigenvalue weighted by Crippen LogP contribution is 2.33. The molecule has 3 heterocycles. The van der Waals surface area contributed by atoms with E-state index in [-0.39, 0.29) is 12.2 Å². The average Bonchev–Trinajstić information content (AvgIpc) is 3.16. The van der Waals surface area contributed by atoms with Crippen molar-refractivity contribution in [2.75, 3.05) is 13.2 Å². The molecule has 2 aliphatic rings. The molecule has 2 aromatic heterocycles. The van der Waals surface area contributed by atoms with Gasteiger partial charge in [0, 0.05) is 24.8 Å². The summed E-state index contributed by atoms with van der Waals surface area (Å²) in [5.41, 5.74) is 0.